The van der Waals surface area contributed by atoms with Crippen molar-refractivity contribution in [2.75, 3.05) is 25.0 Å². The van der Waals surface area contributed by atoms with Crippen molar-refractivity contribution in [3.05, 3.63) is 71.2 Å². The minimum Gasteiger partial charge on any atom is -0.354 e. The third kappa shape index (κ3) is 7.60. The molecule has 1 fully saturated rings. The third-order valence-electron chi connectivity index (χ3n) is 7.10. The van der Waals surface area contributed by atoms with Crippen molar-refractivity contribution in [3.63, 3.8) is 0 Å². The average molecular weight is 526 g/mol. The van der Waals surface area contributed by atoms with Gasteiger partial charge in [0.2, 0.25) is 11.9 Å². The number of rotatable bonds is 9. The van der Waals surface area contributed by atoms with Crippen LogP contribution in [0.2, 0.25) is 0 Å². The number of nitrogens with one attached hydrogen (secondary N) is 2. The number of allylic oxidation sites excluding steroid dienone is 4. The van der Waals surface area contributed by atoms with E-state index in [1.54, 1.807) is 18.5 Å². The molecule has 0 spiro atoms. The highest BCUT2D eigenvalue weighted by Gasteiger charge is 2.25. The number of aromatic amines is 1. The Labute approximate surface area is 234 Å². The Morgan fingerprint density at radius 1 is 1.18 bits per heavy atom. The highest BCUT2D eigenvalue weighted by molar-refractivity contribution is 5.92. The lowest BCUT2D eigenvalue weighted by Crippen LogP contribution is -2.38. The van der Waals surface area contributed by atoms with Gasteiger partial charge >= 0.3 is 0 Å². The Morgan fingerprint density at radius 2 is 1.87 bits per heavy atom. The molecule has 1 aliphatic rings. The van der Waals surface area contributed by atoms with Crippen LogP contribution in [0.25, 0.3) is 16.5 Å². The number of aromatic nitrogens is 3. The van der Waals surface area contributed by atoms with E-state index >= 15 is 0 Å². The molecule has 39 heavy (non-hydrogen) atoms. The zero-order chi connectivity index (χ0) is 28.4. The summed E-state index contributed by atoms with van der Waals surface area (Å²) >= 11 is 0. The molecule has 206 valence electrons. The van der Waals surface area contributed by atoms with Crippen LogP contribution in [-0.4, -0.2) is 45.4 Å². The predicted molar refractivity (Wildman–Crippen MR) is 164 cm³/mol. The normalized spacial score (nSPS) is 14.2. The van der Waals surface area contributed by atoms with E-state index in [9.17, 15) is 4.79 Å². The first-order chi connectivity index (χ1) is 18.9. The Hall–Kier alpha value is -3.85. The molecular formula is C33H43N5O. The summed E-state index contributed by atoms with van der Waals surface area (Å²) in [5.41, 5.74) is 7.83. The Balaban J connectivity index is 0.00000205. The number of anilines is 1. The van der Waals surface area contributed by atoms with Crippen LogP contribution in [0.1, 0.15) is 89.0 Å². The molecule has 2 aromatic heterocycles. The van der Waals surface area contributed by atoms with Gasteiger partial charge in [0.25, 0.3) is 0 Å². The molecule has 1 aromatic carbocycles. The first-order valence-corrected chi connectivity index (χ1v) is 14.0. The molecule has 2 N–H and O–H groups in total. The predicted octanol–water partition coefficient (Wildman–Crippen LogP) is 7.30. The number of piperidine rings is 1. The fourth-order valence-corrected chi connectivity index (χ4v) is 5.37. The van der Waals surface area contributed by atoms with Crippen molar-refractivity contribution in [1.82, 2.24) is 19.9 Å². The topological polar surface area (TPSA) is 73.9 Å². The van der Waals surface area contributed by atoms with E-state index in [1.807, 2.05) is 4.90 Å². The van der Waals surface area contributed by atoms with Crippen molar-refractivity contribution in [2.24, 2.45) is 0 Å². The number of terminal acetylenes is 1. The molecule has 0 atom stereocenters. The number of carbonyl (C=O) groups is 1. The second-order valence-electron chi connectivity index (χ2n) is 10.6. The van der Waals surface area contributed by atoms with Gasteiger partial charge in [-0.2, -0.15) is 0 Å². The van der Waals surface area contributed by atoms with Crippen molar-refractivity contribution < 1.29 is 4.79 Å². The van der Waals surface area contributed by atoms with Crippen LogP contribution in [0.15, 0.2) is 54.4 Å². The van der Waals surface area contributed by atoms with E-state index in [0.717, 1.165) is 32.4 Å². The Morgan fingerprint density at radius 3 is 2.49 bits per heavy atom. The molecule has 3 heterocycles. The van der Waals surface area contributed by atoms with Crippen LogP contribution in [0.5, 0.6) is 0 Å². The summed E-state index contributed by atoms with van der Waals surface area (Å²) in [5, 5.41) is 4.46. The molecule has 6 nitrogen and oxygen atoms in total. The number of likely N-dealkylation sites (tertiary alicyclic amines) is 1. The lowest BCUT2D eigenvalue weighted by Gasteiger charge is -2.32. The van der Waals surface area contributed by atoms with Crippen molar-refractivity contribution in [1.29, 1.82) is 0 Å². The summed E-state index contributed by atoms with van der Waals surface area (Å²) < 4.78 is 0. The maximum absolute atomic E-state index is 12.8. The van der Waals surface area contributed by atoms with Gasteiger partial charge in [-0.05, 0) is 79.8 Å². The smallest absolute Gasteiger partial charge is 0.224 e. The minimum atomic E-state index is 0.198. The quantitative estimate of drug-likeness (QED) is 0.227. The Kier molecular flexibility index (Phi) is 10.9. The summed E-state index contributed by atoms with van der Waals surface area (Å²) in [7, 11) is 0. The summed E-state index contributed by atoms with van der Waals surface area (Å²) in [5.74, 6) is 1.66. The number of H-pyrrole nitrogens is 1. The summed E-state index contributed by atoms with van der Waals surface area (Å²) in [6, 6.07) is 8.72. The molecule has 0 unspecified atom stereocenters. The van der Waals surface area contributed by atoms with Crippen LogP contribution in [0.4, 0.5) is 5.95 Å². The maximum atomic E-state index is 12.8. The number of nitrogens with zero attached hydrogens (tertiary/aromatic N) is 3. The number of benzene rings is 1. The van der Waals surface area contributed by atoms with Crippen molar-refractivity contribution in [2.45, 2.75) is 72.1 Å². The summed E-state index contributed by atoms with van der Waals surface area (Å²) in [6.07, 6.45) is 19.5. The maximum Gasteiger partial charge on any atom is 0.224 e. The third-order valence-corrected chi connectivity index (χ3v) is 7.10. The molecule has 6 heteroatoms. The summed E-state index contributed by atoms with van der Waals surface area (Å²) in [6.45, 7) is 13.2. The van der Waals surface area contributed by atoms with Crippen LogP contribution in [-0.2, 0) is 4.79 Å². The molecule has 0 saturated carbocycles. The number of fused-ring (bicyclic) bond motifs is 1. The van der Waals surface area contributed by atoms with Gasteiger partial charge in [0, 0.05) is 55.0 Å². The molecule has 4 rings (SSSR count). The van der Waals surface area contributed by atoms with Gasteiger partial charge in [0.1, 0.15) is 0 Å². The first kappa shape index (κ1) is 29.7. The van der Waals surface area contributed by atoms with Gasteiger partial charge in [0.05, 0.1) is 0 Å². The molecule has 0 bridgehead atoms. The highest BCUT2D eigenvalue weighted by atomic mass is 16.2. The number of carbonyl (C=O) groups excluding carboxylic acids is 1. The van der Waals surface area contributed by atoms with Crippen LogP contribution >= 0.6 is 0 Å². The van der Waals surface area contributed by atoms with Gasteiger partial charge in [0.15, 0.2) is 0 Å². The molecule has 3 aromatic rings. The molecule has 0 aliphatic carbocycles. The van der Waals surface area contributed by atoms with E-state index < -0.39 is 0 Å². The van der Waals surface area contributed by atoms with Gasteiger partial charge in [-0.15, -0.1) is 12.8 Å². The standard InChI is InChI=1S/C31H41N5O.C2H2/c1-6-8-25(19-21(2)3)30-29(22(4)5)26-20-24(9-10-27(26)35-30)23-12-17-36(18-13-23)28(37)11-16-34-31-32-14-7-15-33-31;1-2/h7-10,14-15,19-20,22-23,35H,6,11-13,16-18H2,1-5H3,(H,32,33,34);1-2H/b25-8+;. The fourth-order valence-electron chi connectivity index (χ4n) is 5.37. The molecule has 1 aliphatic heterocycles. The molecule has 1 amide bonds. The van der Waals surface area contributed by atoms with Crippen LogP contribution in [0, 0.1) is 12.8 Å². The van der Waals surface area contributed by atoms with E-state index in [1.165, 1.54) is 38.9 Å². The second-order valence-corrected chi connectivity index (χ2v) is 10.6. The second kappa shape index (κ2) is 14.3. The molecule has 0 radical (unpaired) electrons. The monoisotopic (exact) mass is 525 g/mol. The largest absolute Gasteiger partial charge is 0.354 e. The van der Waals surface area contributed by atoms with Gasteiger partial charge in [-0.1, -0.05) is 44.6 Å². The van der Waals surface area contributed by atoms with Crippen LogP contribution in [0.3, 0.4) is 0 Å². The zero-order valence-electron chi connectivity index (χ0n) is 24.1. The van der Waals surface area contributed by atoms with Gasteiger partial charge < -0.3 is 15.2 Å². The first-order valence-electron chi connectivity index (χ1n) is 14.0. The van der Waals surface area contributed by atoms with Gasteiger partial charge in [-0.25, -0.2) is 9.97 Å². The van der Waals surface area contributed by atoms with E-state index in [4.69, 9.17) is 0 Å². The molecular weight excluding hydrogens is 482 g/mol. The fraction of sp³-hybridized carbons (Fsp3) is 0.424. The van der Waals surface area contributed by atoms with E-state index in [-0.39, 0.29) is 5.91 Å². The average Bonchev–Trinajstić information content (AvgIpc) is 3.33. The summed E-state index contributed by atoms with van der Waals surface area (Å²) in [4.78, 5) is 26.8. The number of hydrogen-bond acceptors (Lipinski definition) is 4. The Bertz CT molecular complexity index is 1300. The van der Waals surface area contributed by atoms with Crippen molar-refractivity contribution >= 4 is 28.3 Å². The van der Waals surface area contributed by atoms with Gasteiger partial charge in [-0.3, -0.25) is 4.79 Å². The lowest BCUT2D eigenvalue weighted by atomic mass is 9.87. The van der Waals surface area contributed by atoms with Crippen LogP contribution < -0.4 is 5.32 Å². The lowest BCUT2D eigenvalue weighted by molar-refractivity contribution is -0.131. The number of amides is 1. The van der Waals surface area contributed by atoms with Crippen molar-refractivity contribution in [3.8, 4) is 12.8 Å². The zero-order valence-corrected chi connectivity index (χ0v) is 24.1. The molecule has 1 saturated heterocycles. The minimum absolute atomic E-state index is 0.198. The number of hydrogen-bond donors (Lipinski definition) is 2. The highest BCUT2D eigenvalue weighted by Crippen LogP contribution is 2.37. The van der Waals surface area contributed by atoms with E-state index in [0.29, 0.717) is 30.7 Å². The van der Waals surface area contributed by atoms with E-state index in [2.05, 4.69) is 98.1 Å². The SMILES string of the molecule is C#C.CC/C=C(\C=C(C)C)c1[nH]c2ccc(C3CCN(C(=O)CCNc4ncccn4)CC3)cc2c1C(C)C.